The molecule has 0 aliphatic carbocycles. The summed E-state index contributed by atoms with van der Waals surface area (Å²) >= 11 is 0. The Labute approximate surface area is 130 Å². The molecule has 120 valence electrons. The van der Waals surface area contributed by atoms with Gasteiger partial charge in [-0.15, -0.1) is 12.4 Å². The molecule has 0 saturated carbocycles. The van der Waals surface area contributed by atoms with Gasteiger partial charge < -0.3 is 11.1 Å². The molecule has 21 heavy (non-hydrogen) atoms. The largest absolute Gasteiger partial charge is 0.349 e. The summed E-state index contributed by atoms with van der Waals surface area (Å²) in [5, 5.41) is 2.88. The third-order valence-electron chi connectivity index (χ3n) is 3.10. The van der Waals surface area contributed by atoms with Crippen LogP contribution in [0.25, 0.3) is 0 Å². The van der Waals surface area contributed by atoms with E-state index in [1.807, 2.05) is 6.92 Å². The zero-order valence-electron chi connectivity index (χ0n) is 12.6. The van der Waals surface area contributed by atoms with Crippen molar-refractivity contribution in [2.75, 3.05) is 6.54 Å². The molecule has 0 aromatic heterocycles. The van der Waals surface area contributed by atoms with Gasteiger partial charge in [-0.05, 0) is 37.0 Å². The fourth-order valence-corrected chi connectivity index (χ4v) is 2.30. The Hall–Kier alpha value is -1.20. The first kappa shape index (κ1) is 19.8. The van der Waals surface area contributed by atoms with Crippen LogP contribution >= 0.6 is 12.4 Å². The molecule has 0 fully saturated rings. The third kappa shape index (κ3) is 6.40. The molecule has 1 unspecified atom stereocenters. The van der Waals surface area contributed by atoms with Gasteiger partial charge in [-0.3, -0.25) is 4.79 Å². The van der Waals surface area contributed by atoms with Gasteiger partial charge in [0.1, 0.15) is 0 Å². The highest BCUT2D eigenvalue weighted by Gasteiger charge is 2.25. The molecule has 1 rings (SSSR count). The van der Waals surface area contributed by atoms with Crippen LogP contribution in [0.1, 0.15) is 32.8 Å². The van der Waals surface area contributed by atoms with Crippen molar-refractivity contribution in [1.82, 2.24) is 5.32 Å². The molecular weight excluding hydrogens is 298 g/mol. The van der Waals surface area contributed by atoms with Crippen molar-refractivity contribution in [3.05, 3.63) is 35.4 Å². The van der Waals surface area contributed by atoms with Crippen molar-refractivity contribution in [3.8, 4) is 0 Å². The van der Waals surface area contributed by atoms with Crippen LogP contribution in [0.15, 0.2) is 18.2 Å². The summed E-state index contributed by atoms with van der Waals surface area (Å²) in [7, 11) is 0. The number of hydrogen-bond acceptors (Lipinski definition) is 2. The van der Waals surface area contributed by atoms with E-state index in [0.717, 1.165) is 18.6 Å². The summed E-state index contributed by atoms with van der Waals surface area (Å²) in [4.78, 5) is 12.0. The van der Waals surface area contributed by atoms with E-state index in [9.17, 15) is 13.6 Å². The van der Waals surface area contributed by atoms with Crippen molar-refractivity contribution >= 4 is 18.3 Å². The predicted molar refractivity (Wildman–Crippen MR) is 82.4 cm³/mol. The smallest absolute Gasteiger partial charge is 0.224 e. The highest BCUT2D eigenvalue weighted by atomic mass is 35.5. The standard InChI is InChI=1S/C15H22F2N2O.ClH/c1-10(2)8-15(3,9-18)19-14(20)7-11-4-5-12(16)13(17)6-11;/h4-6,10H,7-9,18H2,1-3H3,(H,19,20);1H. The molecular formula is C15H23ClF2N2O. The minimum Gasteiger partial charge on any atom is -0.349 e. The normalized spacial score (nSPS) is 13.5. The summed E-state index contributed by atoms with van der Waals surface area (Å²) in [5.74, 6) is -1.71. The average Bonchev–Trinajstić information content (AvgIpc) is 2.32. The van der Waals surface area contributed by atoms with Crippen LogP contribution in [0, 0.1) is 17.6 Å². The highest BCUT2D eigenvalue weighted by Crippen LogP contribution is 2.16. The van der Waals surface area contributed by atoms with Crippen LogP contribution in [0.3, 0.4) is 0 Å². The van der Waals surface area contributed by atoms with Crippen molar-refractivity contribution in [2.45, 2.75) is 39.2 Å². The number of carbonyl (C=O) groups is 1. The summed E-state index contributed by atoms with van der Waals surface area (Å²) in [6.45, 7) is 6.32. The molecule has 1 atom stereocenters. The molecule has 0 heterocycles. The van der Waals surface area contributed by atoms with Gasteiger partial charge >= 0.3 is 0 Å². The first-order chi connectivity index (χ1) is 9.25. The lowest BCUT2D eigenvalue weighted by Crippen LogP contribution is -2.52. The fourth-order valence-electron chi connectivity index (χ4n) is 2.30. The van der Waals surface area contributed by atoms with Crippen LogP contribution < -0.4 is 11.1 Å². The van der Waals surface area contributed by atoms with Gasteiger partial charge in [0.15, 0.2) is 11.6 Å². The van der Waals surface area contributed by atoms with E-state index in [1.54, 1.807) is 0 Å². The molecule has 0 aliphatic rings. The van der Waals surface area contributed by atoms with E-state index in [4.69, 9.17) is 5.73 Å². The van der Waals surface area contributed by atoms with Crippen LogP contribution in [-0.4, -0.2) is 18.0 Å². The second-order valence-corrected chi connectivity index (χ2v) is 5.84. The number of hydrogen-bond donors (Lipinski definition) is 2. The van der Waals surface area contributed by atoms with Gasteiger partial charge in [-0.25, -0.2) is 8.78 Å². The van der Waals surface area contributed by atoms with Gasteiger partial charge in [0.2, 0.25) is 5.91 Å². The van der Waals surface area contributed by atoms with Crippen molar-refractivity contribution in [3.63, 3.8) is 0 Å². The molecule has 0 radical (unpaired) electrons. The number of carbonyl (C=O) groups excluding carboxylic acids is 1. The lowest BCUT2D eigenvalue weighted by Gasteiger charge is -2.31. The fraction of sp³-hybridized carbons (Fsp3) is 0.533. The van der Waals surface area contributed by atoms with E-state index >= 15 is 0 Å². The van der Waals surface area contributed by atoms with Crippen molar-refractivity contribution in [2.24, 2.45) is 11.7 Å². The van der Waals surface area contributed by atoms with Crippen LogP contribution in [0.4, 0.5) is 8.78 Å². The lowest BCUT2D eigenvalue weighted by molar-refractivity contribution is -0.122. The monoisotopic (exact) mass is 320 g/mol. The topological polar surface area (TPSA) is 55.1 Å². The van der Waals surface area contributed by atoms with Crippen LogP contribution in [0.5, 0.6) is 0 Å². The van der Waals surface area contributed by atoms with Gasteiger partial charge in [-0.2, -0.15) is 0 Å². The Morgan fingerprint density at radius 1 is 1.33 bits per heavy atom. The molecule has 6 heteroatoms. The second kappa shape index (κ2) is 8.29. The SMILES string of the molecule is CC(C)CC(C)(CN)NC(=O)Cc1ccc(F)c(F)c1.Cl. The number of amides is 1. The van der Waals surface area contributed by atoms with Gasteiger partial charge in [-0.1, -0.05) is 19.9 Å². The lowest BCUT2D eigenvalue weighted by atomic mass is 9.90. The quantitative estimate of drug-likeness (QED) is 0.847. The number of nitrogens with one attached hydrogen (secondary N) is 1. The predicted octanol–water partition coefficient (Wildman–Crippen LogP) is 2.81. The molecule has 1 aromatic carbocycles. The van der Waals surface area contributed by atoms with Crippen molar-refractivity contribution in [1.29, 1.82) is 0 Å². The number of nitrogens with two attached hydrogens (primary N) is 1. The summed E-state index contributed by atoms with van der Waals surface area (Å²) in [5.41, 5.74) is 5.67. The highest BCUT2D eigenvalue weighted by molar-refractivity contribution is 5.85. The molecule has 0 spiro atoms. The van der Waals surface area contributed by atoms with E-state index in [0.29, 0.717) is 18.0 Å². The first-order valence-corrected chi connectivity index (χ1v) is 6.71. The summed E-state index contributed by atoms with van der Waals surface area (Å²) in [6.07, 6.45) is 0.762. The van der Waals surface area contributed by atoms with E-state index < -0.39 is 17.2 Å². The van der Waals surface area contributed by atoms with Gasteiger partial charge in [0.25, 0.3) is 0 Å². The molecule has 3 nitrogen and oxygen atoms in total. The molecule has 0 aliphatic heterocycles. The summed E-state index contributed by atoms with van der Waals surface area (Å²) < 4.78 is 25.9. The maximum Gasteiger partial charge on any atom is 0.224 e. The third-order valence-corrected chi connectivity index (χ3v) is 3.10. The summed E-state index contributed by atoms with van der Waals surface area (Å²) in [6, 6.07) is 3.46. The van der Waals surface area contributed by atoms with Crippen LogP contribution in [0.2, 0.25) is 0 Å². The Balaban J connectivity index is 0.00000400. The Bertz CT molecular complexity index is 483. The maximum absolute atomic E-state index is 13.1. The molecule has 0 saturated heterocycles. The minimum absolute atomic E-state index is 0. The molecule has 1 amide bonds. The average molecular weight is 321 g/mol. The molecule has 1 aromatic rings. The van der Waals surface area contributed by atoms with Crippen LogP contribution in [-0.2, 0) is 11.2 Å². The number of halogens is 3. The van der Waals surface area contributed by atoms with Crippen molar-refractivity contribution < 1.29 is 13.6 Å². The Morgan fingerprint density at radius 3 is 2.43 bits per heavy atom. The molecule has 0 bridgehead atoms. The number of rotatable bonds is 6. The first-order valence-electron chi connectivity index (χ1n) is 6.71. The Kier molecular flexibility index (Phi) is 7.82. The van der Waals surface area contributed by atoms with Gasteiger partial charge in [0, 0.05) is 12.1 Å². The number of benzene rings is 1. The van der Waals surface area contributed by atoms with E-state index in [1.165, 1.54) is 6.07 Å². The van der Waals surface area contributed by atoms with E-state index in [-0.39, 0.29) is 24.7 Å². The second-order valence-electron chi connectivity index (χ2n) is 5.84. The van der Waals surface area contributed by atoms with E-state index in [2.05, 4.69) is 19.2 Å². The zero-order valence-corrected chi connectivity index (χ0v) is 13.4. The molecule has 3 N–H and O–H groups in total. The Morgan fingerprint density at radius 2 is 1.95 bits per heavy atom. The van der Waals surface area contributed by atoms with Gasteiger partial charge in [0.05, 0.1) is 6.42 Å². The minimum atomic E-state index is -0.945. The maximum atomic E-state index is 13.1. The zero-order chi connectivity index (χ0) is 15.3.